The van der Waals surface area contributed by atoms with Gasteiger partial charge in [-0.1, -0.05) is 12.1 Å². The lowest BCUT2D eigenvalue weighted by Crippen LogP contribution is -2.54. The third-order valence-electron chi connectivity index (χ3n) is 4.50. The molecule has 1 fully saturated rings. The normalized spacial score (nSPS) is 13.7. The Hall–Kier alpha value is -3.00. The topological polar surface area (TPSA) is 77.4 Å². The number of ether oxygens (including phenoxy) is 2. The molecule has 0 saturated carbocycles. The van der Waals surface area contributed by atoms with Gasteiger partial charge in [-0.2, -0.15) is 0 Å². The third kappa shape index (κ3) is 4.37. The number of rotatable bonds is 6. The summed E-state index contributed by atoms with van der Waals surface area (Å²) in [5, 5.41) is 8.60. The minimum atomic E-state index is -0.400. The monoisotopic (exact) mass is 454 g/mol. The largest absolute Gasteiger partial charge is 0.486 e. The average molecular weight is 455 g/mol. The molecule has 1 aliphatic rings. The van der Waals surface area contributed by atoms with Crippen LogP contribution in [0, 0.1) is 0 Å². The van der Waals surface area contributed by atoms with E-state index in [0.29, 0.717) is 23.4 Å². The zero-order chi connectivity index (χ0) is 20.2. The molecule has 0 spiro atoms. The first-order chi connectivity index (χ1) is 14.1. The van der Waals surface area contributed by atoms with Crippen molar-refractivity contribution in [3.05, 3.63) is 64.9 Å². The maximum Gasteiger partial charge on any atom is 0.339 e. The fourth-order valence-corrected chi connectivity index (χ4v) is 3.35. The summed E-state index contributed by atoms with van der Waals surface area (Å²) in [4.78, 5) is 18.1. The van der Waals surface area contributed by atoms with Gasteiger partial charge in [0.15, 0.2) is 5.82 Å². The van der Waals surface area contributed by atoms with Crippen molar-refractivity contribution in [2.45, 2.75) is 13.0 Å². The highest BCUT2D eigenvalue weighted by Gasteiger charge is 2.30. The molecule has 29 heavy (non-hydrogen) atoms. The molecule has 0 bridgehead atoms. The summed E-state index contributed by atoms with van der Waals surface area (Å²) in [6.45, 7) is 3.58. The molecule has 4 rings (SSSR count). The molecule has 148 valence electrons. The van der Waals surface area contributed by atoms with E-state index in [1.54, 1.807) is 19.2 Å². The molecule has 1 aromatic carbocycles. The van der Waals surface area contributed by atoms with Crippen LogP contribution in [0.25, 0.3) is 11.3 Å². The maximum atomic E-state index is 11.9. The van der Waals surface area contributed by atoms with Gasteiger partial charge in [-0.15, -0.1) is 10.2 Å². The molecule has 3 aromatic rings. The number of carbonyl (C=O) groups is 1. The second-order valence-electron chi connectivity index (χ2n) is 6.53. The highest BCUT2D eigenvalue weighted by Crippen LogP contribution is 2.28. The van der Waals surface area contributed by atoms with Crippen LogP contribution in [0.3, 0.4) is 0 Å². The van der Waals surface area contributed by atoms with Crippen molar-refractivity contribution in [2.24, 2.45) is 0 Å². The first kappa shape index (κ1) is 19.3. The highest BCUT2D eigenvalue weighted by atomic mass is 79.9. The Morgan fingerprint density at radius 3 is 2.72 bits per heavy atom. The first-order valence-corrected chi connectivity index (χ1v) is 10.1. The first-order valence-electron chi connectivity index (χ1n) is 9.26. The molecule has 8 heteroatoms. The second kappa shape index (κ2) is 8.57. The zero-order valence-corrected chi connectivity index (χ0v) is 17.4. The summed E-state index contributed by atoms with van der Waals surface area (Å²) in [7, 11) is 0. The lowest BCUT2D eigenvalue weighted by molar-refractivity contribution is 0.0526. The van der Waals surface area contributed by atoms with E-state index in [1.165, 1.54) is 6.20 Å². The molecule has 3 heterocycles. The summed E-state index contributed by atoms with van der Waals surface area (Å²) < 4.78 is 12.0. The number of halogens is 1. The van der Waals surface area contributed by atoms with E-state index < -0.39 is 5.97 Å². The van der Waals surface area contributed by atoms with E-state index in [1.807, 2.05) is 36.4 Å². The molecular formula is C21H19BrN4O3. The number of carbonyl (C=O) groups excluding carboxylic acids is 1. The van der Waals surface area contributed by atoms with Crippen LogP contribution in [-0.4, -0.2) is 47.0 Å². The van der Waals surface area contributed by atoms with Gasteiger partial charge in [-0.25, -0.2) is 4.79 Å². The van der Waals surface area contributed by atoms with Crippen LogP contribution < -0.4 is 9.64 Å². The highest BCUT2D eigenvalue weighted by molar-refractivity contribution is 9.10. The molecule has 2 aromatic heterocycles. The number of pyridine rings is 1. The van der Waals surface area contributed by atoms with E-state index in [4.69, 9.17) is 9.47 Å². The van der Waals surface area contributed by atoms with Crippen molar-refractivity contribution in [3.63, 3.8) is 0 Å². The van der Waals surface area contributed by atoms with Gasteiger partial charge in [0.25, 0.3) is 0 Å². The minimum absolute atomic E-state index is 0.112. The summed E-state index contributed by atoms with van der Waals surface area (Å²) in [6.07, 6.45) is 3.24. The van der Waals surface area contributed by atoms with Crippen molar-refractivity contribution < 1.29 is 14.3 Å². The maximum absolute atomic E-state index is 11.9. The van der Waals surface area contributed by atoms with Gasteiger partial charge in [0, 0.05) is 18.0 Å². The molecular weight excluding hydrogens is 436 g/mol. The smallest absolute Gasteiger partial charge is 0.339 e. The fourth-order valence-electron chi connectivity index (χ4n) is 2.97. The van der Waals surface area contributed by atoms with Crippen LogP contribution in [-0.2, 0) is 4.74 Å². The summed E-state index contributed by atoms with van der Waals surface area (Å²) in [5.74, 6) is 1.23. The second-order valence-corrected chi connectivity index (χ2v) is 7.39. The van der Waals surface area contributed by atoms with Gasteiger partial charge < -0.3 is 14.4 Å². The third-order valence-corrected chi connectivity index (χ3v) is 5.15. The molecule has 0 amide bonds. The standard InChI is InChI=1S/C21H19BrN4O3/c1-2-28-21(27)15-9-14(10-23-11-15)18-7-8-20(25-24-18)26-12-16(13-26)29-19-6-4-3-5-17(19)22/h3-11,16H,2,12-13H2,1H3. The fraction of sp³-hybridized carbons (Fsp3) is 0.238. The lowest BCUT2D eigenvalue weighted by Gasteiger charge is -2.39. The van der Waals surface area contributed by atoms with Crippen molar-refractivity contribution in [1.29, 1.82) is 0 Å². The van der Waals surface area contributed by atoms with Crippen LogP contribution >= 0.6 is 15.9 Å². The van der Waals surface area contributed by atoms with Gasteiger partial charge in [-0.3, -0.25) is 4.98 Å². The molecule has 1 aliphatic heterocycles. The summed E-state index contributed by atoms with van der Waals surface area (Å²) in [6, 6.07) is 13.3. The number of esters is 1. The summed E-state index contributed by atoms with van der Waals surface area (Å²) >= 11 is 3.50. The predicted molar refractivity (Wildman–Crippen MR) is 112 cm³/mol. The van der Waals surface area contributed by atoms with Gasteiger partial charge in [0.1, 0.15) is 11.9 Å². The van der Waals surface area contributed by atoms with Crippen LogP contribution in [0.5, 0.6) is 5.75 Å². The zero-order valence-electron chi connectivity index (χ0n) is 15.8. The van der Waals surface area contributed by atoms with Gasteiger partial charge in [0.2, 0.25) is 0 Å². The molecule has 0 atom stereocenters. The molecule has 1 saturated heterocycles. The van der Waals surface area contributed by atoms with Gasteiger partial charge in [-0.05, 0) is 53.2 Å². The predicted octanol–water partition coefficient (Wildman–Crippen LogP) is 3.75. The summed E-state index contributed by atoms with van der Waals surface area (Å²) in [5.41, 5.74) is 1.76. The average Bonchev–Trinajstić information content (AvgIpc) is 2.72. The van der Waals surface area contributed by atoms with Gasteiger partial charge >= 0.3 is 5.97 Å². The Labute approximate surface area is 176 Å². The van der Waals surface area contributed by atoms with Crippen LogP contribution in [0.1, 0.15) is 17.3 Å². The van der Waals surface area contributed by atoms with E-state index in [-0.39, 0.29) is 6.10 Å². The van der Waals surface area contributed by atoms with E-state index in [9.17, 15) is 4.79 Å². The van der Waals surface area contributed by atoms with Crippen LogP contribution in [0.4, 0.5) is 5.82 Å². The number of aromatic nitrogens is 3. The van der Waals surface area contributed by atoms with E-state index >= 15 is 0 Å². The quantitative estimate of drug-likeness (QED) is 0.524. The minimum Gasteiger partial charge on any atom is -0.486 e. The number of anilines is 1. The van der Waals surface area contributed by atoms with Crippen molar-refractivity contribution in [1.82, 2.24) is 15.2 Å². The van der Waals surface area contributed by atoms with Crippen LogP contribution in [0.15, 0.2) is 59.3 Å². The molecule has 7 nitrogen and oxygen atoms in total. The van der Waals surface area contributed by atoms with Gasteiger partial charge in [0.05, 0.1) is 35.4 Å². The Bertz CT molecular complexity index is 1010. The molecule has 0 N–H and O–H groups in total. The molecule has 0 unspecified atom stereocenters. The van der Waals surface area contributed by atoms with Crippen LogP contribution in [0.2, 0.25) is 0 Å². The number of para-hydroxylation sites is 1. The number of hydrogen-bond donors (Lipinski definition) is 0. The van der Waals surface area contributed by atoms with E-state index in [0.717, 1.165) is 29.1 Å². The Morgan fingerprint density at radius 2 is 2.00 bits per heavy atom. The molecule has 0 radical (unpaired) electrons. The Morgan fingerprint density at radius 1 is 1.17 bits per heavy atom. The Kier molecular flexibility index (Phi) is 5.71. The van der Waals surface area contributed by atoms with Crippen molar-refractivity contribution in [3.8, 4) is 17.0 Å². The lowest BCUT2D eigenvalue weighted by atomic mass is 10.1. The van der Waals surface area contributed by atoms with E-state index in [2.05, 4.69) is 36.0 Å². The van der Waals surface area contributed by atoms with Crippen molar-refractivity contribution >= 4 is 27.7 Å². The number of benzene rings is 1. The molecule has 0 aliphatic carbocycles. The number of nitrogens with zero attached hydrogens (tertiary/aromatic N) is 4. The Balaban J connectivity index is 1.39. The SMILES string of the molecule is CCOC(=O)c1cncc(-c2ccc(N3CC(Oc4ccccc4Br)C3)nn2)c1. The van der Waals surface area contributed by atoms with Crippen molar-refractivity contribution in [2.75, 3.05) is 24.6 Å². The number of hydrogen-bond acceptors (Lipinski definition) is 7.